The number of carbonyl (C=O) groups is 2. The smallest absolute Gasteiger partial charge is 0.422 e. The van der Waals surface area contributed by atoms with Gasteiger partial charge >= 0.3 is 18.2 Å². The zero-order valence-corrected chi connectivity index (χ0v) is 10.8. The zero-order chi connectivity index (χ0) is 14.8. The van der Waals surface area contributed by atoms with Crippen LogP contribution in [0.25, 0.3) is 0 Å². The highest BCUT2D eigenvalue weighted by Crippen LogP contribution is 2.31. The van der Waals surface area contributed by atoms with Crippen LogP contribution in [0, 0.1) is 0 Å². The minimum Gasteiger partial charge on any atom is -0.467 e. The fraction of sp³-hybridized carbons (Fsp3) is 0.800. The van der Waals surface area contributed by atoms with Gasteiger partial charge < -0.3 is 9.47 Å². The predicted octanol–water partition coefficient (Wildman–Crippen LogP) is 2.01. The minimum absolute atomic E-state index is 0.503. The summed E-state index contributed by atoms with van der Waals surface area (Å²) in [5, 5.41) is 1.48. The van der Waals surface area contributed by atoms with E-state index in [2.05, 4.69) is 9.47 Å². The van der Waals surface area contributed by atoms with Gasteiger partial charge in [-0.2, -0.15) is 13.2 Å². The van der Waals surface area contributed by atoms with Gasteiger partial charge in [-0.25, -0.2) is 9.59 Å². The normalized spacial score (nSPS) is 15.6. The molecule has 0 aromatic carbocycles. The Morgan fingerprint density at radius 2 is 1.50 bits per heavy atom. The summed E-state index contributed by atoms with van der Waals surface area (Å²) in [7, 11) is 0.795. The molecule has 0 saturated heterocycles. The van der Waals surface area contributed by atoms with Gasteiger partial charge in [-0.1, -0.05) is 0 Å². The summed E-state index contributed by atoms with van der Waals surface area (Å²) < 4.78 is 47.0. The Balaban J connectivity index is 5.06. The highest BCUT2D eigenvalue weighted by molar-refractivity contribution is 5.86. The number of amides is 1. The Morgan fingerprint density at radius 3 is 1.78 bits per heavy atom. The molecule has 18 heavy (non-hydrogen) atoms. The molecule has 0 aliphatic carbocycles. The lowest BCUT2D eigenvalue weighted by Crippen LogP contribution is -2.62. The van der Waals surface area contributed by atoms with Gasteiger partial charge in [-0.05, 0) is 27.7 Å². The van der Waals surface area contributed by atoms with Gasteiger partial charge in [0.15, 0.2) is 0 Å². The van der Waals surface area contributed by atoms with Crippen molar-refractivity contribution in [1.29, 1.82) is 0 Å². The van der Waals surface area contributed by atoms with E-state index in [-0.39, 0.29) is 0 Å². The summed E-state index contributed by atoms with van der Waals surface area (Å²) >= 11 is 0. The van der Waals surface area contributed by atoms with Crippen LogP contribution in [0.4, 0.5) is 18.0 Å². The van der Waals surface area contributed by atoms with Crippen LogP contribution in [0.15, 0.2) is 0 Å². The highest BCUT2D eigenvalue weighted by atomic mass is 19.4. The Morgan fingerprint density at radius 1 is 1.06 bits per heavy atom. The molecule has 0 radical (unpaired) electrons. The molecule has 1 amide bonds. The molecule has 1 N–H and O–H groups in total. The summed E-state index contributed by atoms with van der Waals surface area (Å²) in [4.78, 5) is 22.5. The average molecular weight is 271 g/mol. The molecule has 0 rings (SSSR count). The van der Waals surface area contributed by atoms with Crippen LogP contribution in [-0.4, -0.2) is 36.5 Å². The maximum Gasteiger partial charge on any atom is 0.422 e. The Hall–Kier alpha value is -1.47. The van der Waals surface area contributed by atoms with Crippen molar-refractivity contribution in [2.24, 2.45) is 0 Å². The molecule has 0 heterocycles. The van der Waals surface area contributed by atoms with E-state index in [0.717, 1.165) is 7.11 Å². The Kier molecular flexibility index (Phi) is 4.62. The largest absolute Gasteiger partial charge is 0.467 e. The quantitative estimate of drug-likeness (QED) is 0.780. The number of hydrogen-bond acceptors (Lipinski definition) is 4. The zero-order valence-electron chi connectivity index (χ0n) is 10.8. The molecule has 0 aromatic rings. The number of hydrogen-bond donors (Lipinski definition) is 1. The first-order valence-electron chi connectivity index (χ1n) is 5.00. The van der Waals surface area contributed by atoms with Crippen LogP contribution in [0.5, 0.6) is 0 Å². The van der Waals surface area contributed by atoms with E-state index in [1.54, 1.807) is 0 Å². The monoisotopic (exact) mass is 271 g/mol. The van der Waals surface area contributed by atoms with Crippen molar-refractivity contribution >= 4 is 12.1 Å². The standard InChI is InChI=1S/C10H16F3NO4/c1-8(2,3)18-7(16)14-9(4,6(15)17-5)10(11,12)13/h1-5H3,(H,14,16)/t9-/m1/s1. The molecule has 0 fully saturated rings. The van der Waals surface area contributed by atoms with Crippen LogP contribution < -0.4 is 5.32 Å². The van der Waals surface area contributed by atoms with Crippen molar-refractivity contribution in [3.8, 4) is 0 Å². The second-order valence-electron chi connectivity index (χ2n) is 4.74. The summed E-state index contributed by atoms with van der Waals surface area (Å²) in [6.45, 7) is 4.95. The number of rotatable bonds is 2. The van der Waals surface area contributed by atoms with E-state index in [1.807, 2.05) is 0 Å². The second kappa shape index (κ2) is 5.03. The molecule has 0 aliphatic rings. The van der Waals surface area contributed by atoms with E-state index >= 15 is 0 Å². The van der Waals surface area contributed by atoms with Crippen LogP contribution in [0.1, 0.15) is 27.7 Å². The van der Waals surface area contributed by atoms with E-state index in [9.17, 15) is 22.8 Å². The number of esters is 1. The van der Waals surface area contributed by atoms with Crippen molar-refractivity contribution in [2.75, 3.05) is 7.11 Å². The van der Waals surface area contributed by atoms with Crippen LogP contribution in [0.2, 0.25) is 0 Å². The number of ether oxygens (including phenoxy) is 2. The fourth-order valence-corrected chi connectivity index (χ4v) is 0.949. The minimum atomic E-state index is -5.00. The third-order valence-corrected chi connectivity index (χ3v) is 1.91. The van der Waals surface area contributed by atoms with E-state index in [4.69, 9.17) is 0 Å². The molecule has 0 bridgehead atoms. The van der Waals surface area contributed by atoms with Crippen molar-refractivity contribution in [1.82, 2.24) is 5.32 Å². The lowest BCUT2D eigenvalue weighted by Gasteiger charge is -2.31. The number of halogens is 3. The molecular formula is C10H16F3NO4. The third kappa shape index (κ3) is 4.08. The van der Waals surface area contributed by atoms with Gasteiger partial charge in [-0.15, -0.1) is 0 Å². The Labute approximate surface area is 103 Å². The van der Waals surface area contributed by atoms with Gasteiger partial charge in [0, 0.05) is 0 Å². The average Bonchev–Trinajstić information content (AvgIpc) is 2.11. The van der Waals surface area contributed by atoms with Crippen LogP contribution in [0.3, 0.4) is 0 Å². The molecule has 8 heteroatoms. The summed E-state index contributed by atoms with van der Waals surface area (Å²) in [6.07, 6.45) is -6.36. The van der Waals surface area contributed by atoms with Gasteiger partial charge in [0.05, 0.1) is 7.11 Å². The molecule has 0 aromatic heterocycles. The van der Waals surface area contributed by atoms with Crippen molar-refractivity contribution in [3.63, 3.8) is 0 Å². The second-order valence-corrected chi connectivity index (χ2v) is 4.74. The maximum atomic E-state index is 12.8. The molecule has 0 saturated carbocycles. The molecule has 1 atom stereocenters. The first-order valence-corrected chi connectivity index (χ1v) is 5.00. The Bertz CT molecular complexity index is 335. The molecular weight excluding hydrogens is 255 g/mol. The van der Waals surface area contributed by atoms with Crippen LogP contribution >= 0.6 is 0 Å². The van der Waals surface area contributed by atoms with Gasteiger partial charge in [0.2, 0.25) is 5.54 Å². The van der Waals surface area contributed by atoms with E-state index in [0.29, 0.717) is 6.92 Å². The van der Waals surface area contributed by atoms with Crippen molar-refractivity contribution in [3.05, 3.63) is 0 Å². The highest BCUT2D eigenvalue weighted by Gasteiger charge is 2.59. The summed E-state index contributed by atoms with van der Waals surface area (Å²) in [5.74, 6) is -1.62. The third-order valence-electron chi connectivity index (χ3n) is 1.91. The first-order chi connectivity index (χ1) is 7.83. The predicted molar refractivity (Wildman–Crippen MR) is 55.8 cm³/mol. The van der Waals surface area contributed by atoms with Crippen LogP contribution in [-0.2, 0) is 14.3 Å². The SMILES string of the molecule is COC(=O)[C@@](C)(NC(=O)OC(C)(C)C)C(F)(F)F. The lowest BCUT2D eigenvalue weighted by atomic mass is 10.0. The summed E-state index contributed by atoms with van der Waals surface area (Å²) in [6, 6.07) is 0. The fourth-order valence-electron chi connectivity index (χ4n) is 0.949. The molecule has 5 nitrogen and oxygen atoms in total. The maximum absolute atomic E-state index is 12.8. The topological polar surface area (TPSA) is 64.6 Å². The molecule has 0 unspecified atom stereocenters. The molecule has 0 aliphatic heterocycles. The molecule has 106 valence electrons. The first kappa shape index (κ1) is 16.5. The van der Waals surface area contributed by atoms with Gasteiger partial charge in [0.25, 0.3) is 0 Å². The number of alkyl halides is 3. The summed E-state index contributed by atoms with van der Waals surface area (Å²) in [5.41, 5.74) is -4.13. The van der Waals surface area contributed by atoms with E-state index < -0.39 is 29.4 Å². The lowest BCUT2D eigenvalue weighted by molar-refractivity contribution is -0.206. The number of nitrogens with one attached hydrogen (secondary N) is 1. The number of methoxy groups -OCH3 is 1. The molecule has 0 spiro atoms. The van der Waals surface area contributed by atoms with E-state index in [1.165, 1.54) is 26.1 Å². The van der Waals surface area contributed by atoms with Crippen molar-refractivity contribution < 1.29 is 32.2 Å². The van der Waals surface area contributed by atoms with Crippen molar-refractivity contribution in [2.45, 2.75) is 45.0 Å². The van der Waals surface area contributed by atoms with Gasteiger partial charge in [-0.3, -0.25) is 5.32 Å². The number of carbonyl (C=O) groups excluding carboxylic acids is 2. The number of alkyl carbamates (subject to hydrolysis) is 1. The van der Waals surface area contributed by atoms with Gasteiger partial charge in [0.1, 0.15) is 5.60 Å².